The van der Waals surface area contributed by atoms with Crippen LogP contribution in [-0.4, -0.2) is 10.9 Å². The zero-order valence-corrected chi connectivity index (χ0v) is 17.9. The van der Waals surface area contributed by atoms with Crippen molar-refractivity contribution in [1.82, 2.24) is 4.98 Å². The number of rotatable bonds is 6. The van der Waals surface area contributed by atoms with Crippen LogP contribution in [0.25, 0.3) is 33.7 Å². The maximum Gasteiger partial charge on any atom is 0.302 e. The van der Waals surface area contributed by atoms with Gasteiger partial charge in [-0.3, -0.25) is 10.1 Å². The fraction of sp³-hybridized carbons (Fsp3) is 0.0345. The smallest absolute Gasteiger partial charge is 0.302 e. The van der Waals surface area contributed by atoms with E-state index < -0.39 is 0 Å². The Balaban J connectivity index is 1.35. The first-order chi connectivity index (χ1) is 16.3. The van der Waals surface area contributed by atoms with Gasteiger partial charge in [0.05, 0.1) is 6.42 Å². The Bertz CT molecular complexity index is 1290. The molecule has 1 N–H and O–H groups in total. The lowest BCUT2D eigenvalue weighted by atomic mass is 10.0. The van der Waals surface area contributed by atoms with Gasteiger partial charge in [0.15, 0.2) is 5.76 Å². The summed E-state index contributed by atoms with van der Waals surface area (Å²) in [5.74, 6) is 0.451. The summed E-state index contributed by atoms with van der Waals surface area (Å²) in [5.41, 5.74) is 5.72. The molecule has 5 aromatic rings. The van der Waals surface area contributed by atoms with Gasteiger partial charge in [-0.05, 0) is 16.7 Å². The maximum atomic E-state index is 12.7. The van der Waals surface area contributed by atoms with Crippen molar-refractivity contribution < 1.29 is 9.21 Å². The van der Waals surface area contributed by atoms with Crippen LogP contribution in [-0.2, 0) is 11.2 Å². The van der Waals surface area contributed by atoms with Crippen molar-refractivity contribution in [2.75, 3.05) is 5.32 Å². The van der Waals surface area contributed by atoms with E-state index in [0.29, 0.717) is 11.5 Å². The highest BCUT2D eigenvalue weighted by molar-refractivity contribution is 5.91. The molecular weight excluding hydrogens is 408 g/mol. The number of hydrogen-bond acceptors (Lipinski definition) is 3. The van der Waals surface area contributed by atoms with Crippen LogP contribution < -0.4 is 5.32 Å². The van der Waals surface area contributed by atoms with E-state index >= 15 is 0 Å². The molecule has 0 unspecified atom stereocenters. The third-order valence-corrected chi connectivity index (χ3v) is 5.38. The fourth-order valence-electron chi connectivity index (χ4n) is 3.74. The predicted molar refractivity (Wildman–Crippen MR) is 132 cm³/mol. The molecule has 1 heterocycles. The molecule has 1 amide bonds. The molecule has 4 nitrogen and oxygen atoms in total. The number of aromatic nitrogens is 1. The van der Waals surface area contributed by atoms with Crippen LogP contribution in [0.1, 0.15) is 5.56 Å². The van der Waals surface area contributed by atoms with Gasteiger partial charge >= 0.3 is 6.01 Å². The predicted octanol–water partition coefficient (Wildman–Crippen LogP) is 6.86. The van der Waals surface area contributed by atoms with E-state index in [9.17, 15) is 4.79 Å². The standard InChI is InChI=1S/C29H22N2O2/c32-26(20-21-16-18-23(19-17-21)22-10-4-1-5-11-22)30-29-31-27(24-12-6-2-7-13-24)28(33-29)25-14-8-3-9-15-25/h1-19H,20H2,(H,30,31,32). The minimum absolute atomic E-state index is 0.178. The summed E-state index contributed by atoms with van der Waals surface area (Å²) in [5, 5.41) is 2.82. The number of hydrogen-bond donors (Lipinski definition) is 1. The molecule has 33 heavy (non-hydrogen) atoms. The molecule has 4 heteroatoms. The third kappa shape index (κ3) is 4.75. The number of carbonyl (C=O) groups excluding carboxylic acids is 1. The van der Waals surface area contributed by atoms with Gasteiger partial charge in [-0.1, -0.05) is 115 Å². The Morgan fingerprint density at radius 3 is 1.76 bits per heavy atom. The summed E-state index contributed by atoms with van der Waals surface area (Å²) in [6.45, 7) is 0. The van der Waals surface area contributed by atoms with Gasteiger partial charge in [-0.25, -0.2) is 0 Å². The Hall–Kier alpha value is -4.44. The lowest BCUT2D eigenvalue weighted by molar-refractivity contribution is -0.115. The molecule has 0 saturated carbocycles. The van der Waals surface area contributed by atoms with Crippen molar-refractivity contribution in [3.63, 3.8) is 0 Å². The molecule has 0 spiro atoms. The molecule has 0 atom stereocenters. The van der Waals surface area contributed by atoms with Crippen molar-refractivity contribution in [3.05, 3.63) is 121 Å². The first-order valence-electron chi connectivity index (χ1n) is 10.8. The molecule has 0 bridgehead atoms. The fourth-order valence-corrected chi connectivity index (χ4v) is 3.74. The quantitative estimate of drug-likeness (QED) is 0.320. The molecule has 4 aromatic carbocycles. The number of carbonyl (C=O) groups is 1. The molecule has 160 valence electrons. The second kappa shape index (κ2) is 9.37. The van der Waals surface area contributed by atoms with Crippen molar-refractivity contribution in [3.8, 4) is 33.7 Å². The first-order valence-corrected chi connectivity index (χ1v) is 10.8. The Kier molecular flexibility index (Phi) is 5.81. The van der Waals surface area contributed by atoms with Gasteiger partial charge in [-0.15, -0.1) is 0 Å². The molecule has 0 aliphatic heterocycles. The van der Waals surface area contributed by atoms with E-state index in [1.165, 1.54) is 0 Å². The van der Waals surface area contributed by atoms with E-state index in [-0.39, 0.29) is 18.3 Å². The molecule has 0 aliphatic carbocycles. The molecule has 0 radical (unpaired) electrons. The van der Waals surface area contributed by atoms with Crippen molar-refractivity contribution in [2.45, 2.75) is 6.42 Å². The Morgan fingerprint density at radius 1 is 0.636 bits per heavy atom. The van der Waals surface area contributed by atoms with Crippen LogP contribution in [0.15, 0.2) is 120 Å². The second-order valence-electron chi connectivity index (χ2n) is 7.72. The lowest BCUT2D eigenvalue weighted by Gasteiger charge is -2.04. The molecule has 5 rings (SSSR count). The van der Waals surface area contributed by atoms with E-state index in [0.717, 1.165) is 27.8 Å². The Morgan fingerprint density at radius 2 is 1.15 bits per heavy atom. The number of nitrogens with one attached hydrogen (secondary N) is 1. The third-order valence-electron chi connectivity index (χ3n) is 5.38. The zero-order chi connectivity index (χ0) is 22.5. The highest BCUT2D eigenvalue weighted by Gasteiger charge is 2.18. The zero-order valence-electron chi connectivity index (χ0n) is 17.9. The maximum absolute atomic E-state index is 12.7. The molecular formula is C29H22N2O2. The van der Waals surface area contributed by atoms with Crippen LogP contribution in [0, 0.1) is 0 Å². The first kappa shape index (κ1) is 20.5. The van der Waals surface area contributed by atoms with E-state index in [1.54, 1.807) is 0 Å². The monoisotopic (exact) mass is 430 g/mol. The number of anilines is 1. The average molecular weight is 431 g/mol. The second-order valence-corrected chi connectivity index (χ2v) is 7.72. The summed E-state index contributed by atoms with van der Waals surface area (Å²) >= 11 is 0. The van der Waals surface area contributed by atoms with Gasteiger partial charge in [-0.2, -0.15) is 4.98 Å². The van der Waals surface area contributed by atoms with Crippen molar-refractivity contribution in [2.24, 2.45) is 0 Å². The highest BCUT2D eigenvalue weighted by atomic mass is 16.4. The summed E-state index contributed by atoms with van der Waals surface area (Å²) in [7, 11) is 0. The van der Waals surface area contributed by atoms with Crippen LogP contribution in [0.3, 0.4) is 0 Å². The van der Waals surface area contributed by atoms with Crippen molar-refractivity contribution in [1.29, 1.82) is 0 Å². The van der Waals surface area contributed by atoms with Gasteiger partial charge in [0, 0.05) is 11.1 Å². The average Bonchev–Trinajstić information content (AvgIpc) is 3.30. The molecule has 0 aliphatic rings. The molecule has 0 fully saturated rings. The number of oxazole rings is 1. The highest BCUT2D eigenvalue weighted by Crippen LogP contribution is 2.34. The summed E-state index contributed by atoms with van der Waals surface area (Å²) in [6.07, 6.45) is 0.235. The van der Waals surface area contributed by atoms with E-state index in [2.05, 4.69) is 22.4 Å². The van der Waals surface area contributed by atoms with Crippen LogP contribution in [0.2, 0.25) is 0 Å². The number of benzene rings is 4. The van der Waals surface area contributed by atoms with Crippen LogP contribution in [0.4, 0.5) is 6.01 Å². The normalized spacial score (nSPS) is 10.7. The molecule has 0 saturated heterocycles. The SMILES string of the molecule is O=C(Cc1ccc(-c2ccccc2)cc1)Nc1nc(-c2ccccc2)c(-c2ccccc2)o1. The lowest BCUT2D eigenvalue weighted by Crippen LogP contribution is -2.14. The summed E-state index contributed by atoms with van der Waals surface area (Å²) in [4.78, 5) is 17.3. The number of amides is 1. The summed E-state index contributed by atoms with van der Waals surface area (Å²) in [6, 6.07) is 38.0. The molecule has 1 aromatic heterocycles. The minimum atomic E-state index is -0.178. The van der Waals surface area contributed by atoms with E-state index in [4.69, 9.17) is 4.42 Å². The number of nitrogens with zero attached hydrogens (tertiary/aromatic N) is 1. The van der Waals surface area contributed by atoms with Gasteiger partial charge in [0.25, 0.3) is 0 Å². The van der Waals surface area contributed by atoms with Gasteiger partial charge in [0.2, 0.25) is 5.91 Å². The van der Waals surface area contributed by atoms with Crippen molar-refractivity contribution >= 4 is 11.9 Å². The van der Waals surface area contributed by atoms with E-state index in [1.807, 2.05) is 103 Å². The van der Waals surface area contributed by atoms with Crippen LogP contribution >= 0.6 is 0 Å². The van der Waals surface area contributed by atoms with Gasteiger partial charge < -0.3 is 4.42 Å². The largest absolute Gasteiger partial charge is 0.423 e. The van der Waals surface area contributed by atoms with Gasteiger partial charge in [0.1, 0.15) is 5.69 Å². The topological polar surface area (TPSA) is 55.1 Å². The minimum Gasteiger partial charge on any atom is -0.423 e. The summed E-state index contributed by atoms with van der Waals surface area (Å²) < 4.78 is 6.00. The van der Waals surface area contributed by atoms with Crippen LogP contribution in [0.5, 0.6) is 0 Å². The Labute approximate surface area is 192 Å².